The molecule has 134 valence electrons. The van der Waals surface area contributed by atoms with Crippen LogP contribution in [-0.2, 0) is 4.79 Å². The van der Waals surface area contributed by atoms with E-state index < -0.39 is 0 Å². The third kappa shape index (κ3) is 4.46. The fourth-order valence-electron chi connectivity index (χ4n) is 3.00. The molecule has 1 heterocycles. The molecular weight excluding hydrogens is 358 g/mol. The number of carbonyl (C=O) groups is 1. The standard InChI is InChI=1S/C17H22ClN5OS/c1-11(16(24)20-14-9-7-13(18)8-10-14)25-17-22-21-15(23(17)19)12-5-3-2-4-6-12/h7-12H,2-6,19H2,1H3,(H,20,24). The van der Waals surface area contributed by atoms with Crippen molar-refractivity contribution in [3.05, 3.63) is 35.1 Å². The van der Waals surface area contributed by atoms with Crippen LogP contribution in [0.4, 0.5) is 5.69 Å². The Hall–Kier alpha value is -1.73. The molecule has 0 bridgehead atoms. The van der Waals surface area contributed by atoms with E-state index in [9.17, 15) is 4.79 Å². The summed E-state index contributed by atoms with van der Waals surface area (Å²) in [5, 5.41) is 12.2. The minimum atomic E-state index is -0.346. The topological polar surface area (TPSA) is 85.8 Å². The second-order valence-corrected chi connectivity index (χ2v) is 8.05. The molecule has 2 aromatic rings. The highest BCUT2D eigenvalue weighted by Crippen LogP contribution is 2.32. The molecule has 1 aliphatic carbocycles. The van der Waals surface area contributed by atoms with Crippen molar-refractivity contribution in [1.29, 1.82) is 0 Å². The van der Waals surface area contributed by atoms with Gasteiger partial charge in [-0.2, -0.15) is 0 Å². The first kappa shape index (κ1) is 18.1. The van der Waals surface area contributed by atoms with Crippen LogP contribution in [0.25, 0.3) is 0 Å². The summed E-state index contributed by atoms with van der Waals surface area (Å²) in [7, 11) is 0. The first-order chi connectivity index (χ1) is 12.0. The quantitative estimate of drug-likeness (QED) is 0.609. The summed E-state index contributed by atoms with van der Waals surface area (Å²) in [6.45, 7) is 1.82. The van der Waals surface area contributed by atoms with E-state index >= 15 is 0 Å². The van der Waals surface area contributed by atoms with E-state index in [1.54, 1.807) is 28.9 Å². The molecular formula is C17H22ClN5OS. The fourth-order valence-corrected chi connectivity index (χ4v) is 3.90. The number of halogens is 1. The number of nitrogens with two attached hydrogens (primary N) is 1. The van der Waals surface area contributed by atoms with E-state index in [-0.39, 0.29) is 11.2 Å². The predicted octanol–water partition coefficient (Wildman–Crippen LogP) is 3.81. The van der Waals surface area contributed by atoms with Gasteiger partial charge in [0.15, 0.2) is 5.82 Å². The maximum atomic E-state index is 12.4. The fraction of sp³-hybridized carbons (Fsp3) is 0.471. The smallest absolute Gasteiger partial charge is 0.237 e. The average molecular weight is 380 g/mol. The first-order valence-corrected chi connectivity index (χ1v) is 9.74. The van der Waals surface area contributed by atoms with Crippen LogP contribution >= 0.6 is 23.4 Å². The van der Waals surface area contributed by atoms with Crippen molar-refractivity contribution in [2.75, 3.05) is 11.2 Å². The van der Waals surface area contributed by atoms with Crippen LogP contribution in [-0.4, -0.2) is 26.0 Å². The summed E-state index contributed by atoms with van der Waals surface area (Å²) in [5.41, 5.74) is 0.707. The lowest BCUT2D eigenvalue weighted by atomic mass is 9.89. The third-order valence-electron chi connectivity index (χ3n) is 4.42. The van der Waals surface area contributed by atoms with Crippen LogP contribution in [0.3, 0.4) is 0 Å². The van der Waals surface area contributed by atoms with Crippen LogP contribution in [0.1, 0.15) is 50.8 Å². The van der Waals surface area contributed by atoms with Crippen LogP contribution in [0.5, 0.6) is 0 Å². The molecule has 1 saturated carbocycles. The number of anilines is 1. The summed E-state index contributed by atoms with van der Waals surface area (Å²) >= 11 is 7.16. The zero-order valence-electron chi connectivity index (χ0n) is 14.1. The van der Waals surface area contributed by atoms with Crippen LogP contribution in [0.15, 0.2) is 29.4 Å². The maximum Gasteiger partial charge on any atom is 0.237 e. The van der Waals surface area contributed by atoms with E-state index in [1.165, 1.54) is 31.0 Å². The summed E-state index contributed by atoms with van der Waals surface area (Å²) in [6, 6.07) is 7.01. The molecule has 6 nitrogen and oxygen atoms in total. The molecule has 1 aliphatic rings. The van der Waals surface area contributed by atoms with E-state index in [0.29, 0.717) is 21.8 Å². The lowest BCUT2D eigenvalue weighted by Gasteiger charge is -2.20. The molecule has 1 unspecified atom stereocenters. The molecule has 0 spiro atoms. The van der Waals surface area contributed by atoms with Gasteiger partial charge in [0.1, 0.15) is 0 Å². The van der Waals surface area contributed by atoms with Crippen molar-refractivity contribution < 1.29 is 4.79 Å². The maximum absolute atomic E-state index is 12.4. The summed E-state index contributed by atoms with van der Waals surface area (Å²) in [6.07, 6.45) is 5.90. The third-order valence-corrected chi connectivity index (χ3v) is 5.73. The molecule has 0 saturated heterocycles. The van der Waals surface area contributed by atoms with Gasteiger partial charge in [-0.3, -0.25) is 4.79 Å². The summed E-state index contributed by atoms with van der Waals surface area (Å²) < 4.78 is 1.55. The van der Waals surface area contributed by atoms with Crippen molar-refractivity contribution in [2.24, 2.45) is 0 Å². The largest absolute Gasteiger partial charge is 0.336 e. The van der Waals surface area contributed by atoms with Crippen molar-refractivity contribution >= 4 is 35.0 Å². The van der Waals surface area contributed by atoms with E-state index in [2.05, 4.69) is 15.5 Å². The predicted molar refractivity (Wildman–Crippen MR) is 101 cm³/mol. The van der Waals surface area contributed by atoms with Gasteiger partial charge < -0.3 is 11.2 Å². The number of benzene rings is 1. The zero-order chi connectivity index (χ0) is 17.8. The monoisotopic (exact) mass is 379 g/mol. The Balaban J connectivity index is 1.62. The van der Waals surface area contributed by atoms with Crippen molar-refractivity contribution in [3.8, 4) is 0 Å². The number of nitrogen functional groups attached to an aromatic ring is 1. The van der Waals surface area contributed by atoms with Crippen LogP contribution in [0, 0.1) is 0 Å². The normalized spacial score (nSPS) is 16.6. The second-order valence-electron chi connectivity index (χ2n) is 6.30. The highest BCUT2D eigenvalue weighted by molar-refractivity contribution is 8.00. The number of hydrogen-bond donors (Lipinski definition) is 2. The number of thioether (sulfide) groups is 1. The minimum absolute atomic E-state index is 0.116. The van der Waals surface area contributed by atoms with E-state index in [1.807, 2.05) is 6.92 Å². The van der Waals surface area contributed by atoms with E-state index in [0.717, 1.165) is 18.7 Å². The average Bonchev–Trinajstić information content (AvgIpc) is 2.98. The van der Waals surface area contributed by atoms with E-state index in [4.69, 9.17) is 17.4 Å². The molecule has 25 heavy (non-hydrogen) atoms. The highest BCUT2D eigenvalue weighted by atomic mass is 35.5. The molecule has 1 amide bonds. The molecule has 3 rings (SSSR count). The lowest BCUT2D eigenvalue weighted by Crippen LogP contribution is -2.24. The molecule has 0 aliphatic heterocycles. The van der Waals surface area contributed by atoms with Gasteiger partial charge in [-0.15, -0.1) is 10.2 Å². The Morgan fingerprint density at radius 1 is 1.28 bits per heavy atom. The molecule has 1 fully saturated rings. The SMILES string of the molecule is CC(Sc1nnc(C2CCCCC2)n1N)C(=O)Nc1ccc(Cl)cc1. The highest BCUT2D eigenvalue weighted by Gasteiger charge is 2.24. The zero-order valence-corrected chi connectivity index (χ0v) is 15.7. The number of nitrogens with zero attached hydrogens (tertiary/aromatic N) is 3. The first-order valence-electron chi connectivity index (χ1n) is 8.48. The van der Waals surface area contributed by atoms with Gasteiger partial charge in [0.05, 0.1) is 5.25 Å². The summed E-state index contributed by atoms with van der Waals surface area (Å²) in [5.74, 6) is 7.26. The number of amides is 1. The summed E-state index contributed by atoms with van der Waals surface area (Å²) in [4.78, 5) is 12.4. The van der Waals surface area contributed by atoms with Crippen LogP contribution in [0.2, 0.25) is 5.02 Å². The minimum Gasteiger partial charge on any atom is -0.336 e. The number of rotatable bonds is 5. The van der Waals surface area contributed by atoms with Gasteiger partial charge in [-0.1, -0.05) is 42.6 Å². The van der Waals surface area contributed by atoms with Gasteiger partial charge in [-0.25, -0.2) is 4.68 Å². The Morgan fingerprint density at radius 3 is 2.64 bits per heavy atom. The van der Waals surface area contributed by atoms with Crippen molar-refractivity contribution in [1.82, 2.24) is 14.9 Å². The molecule has 0 radical (unpaired) electrons. The Labute approximate surface area is 156 Å². The van der Waals surface area contributed by atoms with Crippen LogP contribution < -0.4 is 11.2 Å². The second kappa shape index (κ2) is 8.10. The van der Waals surface area contributed by atoms with Gasteiger partial charge in [0, 0.05) is 16.6 Å². The Kier molecular flexibility index (Phi) is 5.86. The number of nitrogens with one attached hydrogen (secondary N) is 1. The van der Waals surface area contributed by atoms with Gasteiger partial charge in [0.25, 0.3) is 0 Å². The van der Waals surface area contributed by atoms with Gasteiger partial charge >= 0.3 is 0 Å². The van der Waals surface area contributed by atoms with Gasteiger partial charge in [-0.05, 0) is 44.0 Å². The number of hydrogen-bond acceptors (Lipinski definition) is 5. The number of aromatic nitrogens is 3. The molecule has 3 N–H and O–H groups in total. The Bertz CT molecular complexity index is 727. The van der Waals surface area contributed by atoms with Gasteiger partial charge in [0.2, 0.25) is 11.1 Å². The molecule has 1 aromatic carbocycles. The van der Waals surface area contributed by atoms with Crippen molar-refractivity contribution in [3.63, 3.8) is 0 Å². The molecule has 1 atom stereocenters. The Morgan fingerprint density at radius 2 is 1.96 bits per heavy atom. The molecule has 1 aromatic heterocycles. The number of carbonyl (C=O) groups excluding carboxylic acids is 1. The van der Waals surface area contributed by atoms with Crippen molar-refractivity contribution in [2.45, 2.75) is 55.4 Å². The lowest BCUT2D eigenvalue weighted by molar-refractivity contribution is -0.115. The molecule has 8 heteroatoms.